The third kappa shape index (κ3) is 3.26. The summed E-state index contributed by atoms with van der Waals surface area (Å²) in [5.41, 5.74) is 0. The zero-order valence-corrected chi connectivity index (χ0v) is 11.6. The van der Waals surface area contributed by atoms with Crippen molar-refractivity contribution in [3.8, 4) is 0 Å². The van der Waals surface area contributed by atoms with Crippen molar-refractivity contribution < 1.29 is 19.4 Å². The zero-order chi connectivity index (χ0) is 14.0. The maximum Gasteiger partial charge on any atom is 0.307 e. The van der Waals surface area contributed by atoms with Gasteiger partial charge < -0.3 is 15.2 Å². The lowest BCUT2D eigenvalue weighted by Gasteiger charge is -2.36. The summed E-state index contributed by atoms with van der Waals surface area (Å²) in [6.45, 7) is 4.89. The fraction of sp³-hybridized carbons (Fsp3) is 0.857. The van der Waals surface area contributed by atoms with Crippen LogP contribution >= 0.6 is 0 Å². The fourth-order valence-corrected chi connectivity index (χ4v) is 2.84. The van der Waals surface area contributed by atoms with Crippen LogP contribution in [0.2, 0.25) is 0 Å². The normalized spacial score (nSPS) is 34.7. The largest absolute Gasteiger partial charge is 0.481 e. The van der Waals surface area contributed by atoms with E-state index in [9.17, 15) is 9.59 Å². The van der Waals surface area contributed by atoms with E-state index in [2.05, 4.69) is 19.2 Å². The first kappa shape index (κ1) is 14.3. The van der Waals surface area contributed by atoms with Crippen molar-refractivity contribution in [2.75, 3.05) is 6.61 Å². The Morgan fingerprint density at radius 3 is 2.42 bits per heavy atom. The molecule has 108 valence electrons. The van der Waals surface area contributed by atoms with E-state index in [4.69, 9.17) is 9.84 Å². The molecule has 1 saturated carbocycles. The predicted molar refractivity (Wildman–Crippen MR) is 69.6 cm³/mol. The van der Waals surface area contributed by atoms with E-state index in [1.807, 2.05) is 0 Å². The highest BCUT2D eigenvalue weighted by Gasteiger charge is 2.42. The summed E-state index contributed by atoms with van der Waals surface area (Å²) in [7, 11) is 0. The van der Waals surface area contributed by atoms with Crippen LogP contribution < -0.4 is 5.32 Å². The second-order valence-electron chi connectivity index (χ2n) is 6.01. The number of nitrogens with one attached hydrogen (secondary N) is 1. The van der Waals surface area contributed by atoms with E-state index in [0.29, 0.717) is 25.4 Å². The Morgan fingerprint density at radius 2 is 1.89 bits per heavy atom. The number of carboxylic acids is 1. The first-order valence-electron chi connectivity index (χ1n) is 7.13. The van der Waals surface area contributed by atoms with Crippen molar-refractivity contribution in [1.82, 2.24) is 5.32 Å². The molecule has 0 spiro atoms. The quantitative estimate of drug-likeness (QED) is 0.809. The van der Waals surface area contributed by atoms with Gasteiger partial charge in [-0.15, -0.1) is 0 Å². The molecule has 0 aromatic rings. The second-order valence-corrected chi connectivity index (χ2v) is 6.01. The van der Waals surface area contributed by atoms with Gasteiger partial charge in [-0.05, 0) is 31.6 Å². The van der Waals surface area contributed by atoms with Gasteiger partial charge in [-0.1, -0.05) is 13.8 Å². The molecule has 1 saturated heterocycles. The number of rotatable bonds is 4. The summed E-state index contributed by atoms with van der Waals surface area (Å²) < 4.78 is 5.67. The van der Waals surface area contributed by atoms with Crippen LogP contribution in [0.1, 0.15) is 39.5 Å². The van der Waals surface area contributed by atoms with Crippen molar-refractivity contribution in [3.63, 3.8) is 0 Å². The average molecular weight is 269 g/mol. The summed E-state index contributed by atoms with van der Waals surface area (Å²) in [5, 5.41) is 12.0. The molecule has 1 heterocycles. The van der Waals surface area contributed by atoms with E-state index >= 15 is 0 Å². The molecule has 1 aliphatic heterocycles. The Morgan fingerprint density at radius 1 is 1.21 bits per heavy atom. The topological polar surface area (TPSA) is 75.6 Å². The maximum atomic E-state index is 12.1. The van der Waals surface area contributed by atoms with E-state index in [0.717, 1.165) is 12.8 Å². The first-order chi connectivity index (χ1) is 8.99. The standard InChI is InChI=1S/C14H23NO4/c1-8(2)12-7-9(5-6-19-12)15-13(16)10-3-4-11(10)14(17)18/h8-12H,3-7H2,1-2H3,(H,15,16)(H,17,18). The number of hydrogen-bond donors (Lipinski definition) is 2. The molecule has 0 bridgehead atoms. The molecule has 19 heavy (non-hydrogen) atoms. The number of carbonyl (C=O) groups excluding carboxylic acids is 1. The van der Waals surface area contributed by atoms with Crippen molar-refractivity contribution in [2.24, 2.45) is 17.8 Å². The van der Waals surface area contributed by atoms with Gasteiger partial charge in [-0.3, -0.25) is 9.59 Å². The minimum atomic E-state index is -0.849. The van der Waals surface area contributed by atoms with Crippen LogP contribution in [-0.2, 0) is 14.3 Å². The van der Waals surface area contributed by atoms with Gasteiger partial charge in [0.2, 0.25) is 5.91 Å². The summed E-state index contributed by atoms with van der Waals surface area (Å²) in [4.78, 5) is 23.0. The second kappa shape index (κ2) is 5.90. The fourth-order valence-electron chi connectivity index (χ4n) is 2.84. The Balaban J connectivity index is 1.84. The van der Waals surface area contributed by atoms with Gasteiger partial charge in [0.15, 0.2) is 0 Å². The number of carbonyl (C=O) groups is 2. The number of hydrogen-bond acceptors (Lipinski definition) is 3. The van der Waals surface area contributed by atoms with E-state index in [1.54, 1.807) is 0 Å². The molecule has 2 N–H and O–H groups in total. The van der Waals surface area contributed by atoms with Crippen LogP contribution in [0.25, 0.3) is 0 Å². The smallest absolute Gasteiger partial charge is 0.307 e. The molecule has 0 radical (unpaired) electrons. The van der Waals surface area contributed by atoms with Crippen LogP contribution in [0.4, 0.5) is 0 Å². The molecular weight excluding hydrogens is 246 g/mol. The monoisotopic (exact) mass is 269 g/mol. The van der Waals surface area contributed by atoms with Crippen LogP contribution in [-0.4, -0.2) is 35.7 Å². The van der Waals surface area contributed by atoms with E-state index in [1.165, 1.54) is 0 Å². The zero-order valence-electron chi connectivity index (χ0n) is 11.6. The minimum Gasteiger partial charge on any atom is -0.481 e. The molecule has 1 aliphatic carbocycles. The number of amides is 1. The SMILES string of the molecule is CC(C)C1CC(NC(=O)C2CCC2C(=O)O)CCO1. The van der Waals surface area contributed by atoms with Gasteiger partial charge in [0.25, 0.3) is 0 Å². The molecule has 2 rings (SSSR count). The Hall–Kier alpha value is -1.10. The van der Waals surface area contributed by atoms with Crippen molar-refractivity contribution in [1.29, 1.82) is 0 Å². The third-order valence-electron chi connectivity index (χ3n) is 4.33. The van der Waals surface area contributed by atoms with Gasteiger partial charge in [0, 0.05) is 12.6 Å². The van der Waals surface area contributed by atoms with E-state index < -0.39 is 11.9 Å². The van der Waals surface area contributed by atoms with E-state index in [-0.39, 0.29) is 24.0 Å². The maximum absolute atomic E-state index is 12.1. The van der Waals surface area contributed by atoms with Crippen LogP contribution in [0.15, 0.2) is 0 Å². The molecule has 5 heteroatoms. The molecule has 1 amide bonds. The Bertz CT molecular complexity index is 355. The minimum absolute atomic E-state index is 0.0898. The van der Waals surface area contributed by atoms with Crippen LogP contribution in [0, 0.1) is 17.8 Å². The summed E-state index contributed by atoms with van der Waals surface area (Å²) in [6, 6.07) is 0.128. The summed E-state index contributed by atoms with van der Waals surface area (Å²) >= 11 is 0. The first-order valence-corrected chi connectivity index (χ1v) is 7.13. The van der Waals surface area contributed by atoms with Gasteiger partial charge >= 0.3 is 5.97 Å². The van der Waals surface area contributed by atoms with Gasteiger partial charge in [0.05, 0.1) is 17.9 Å². The molecule has 4 atom stereocenters. The molecule has 0 aromatic carbocycles. The molecule has 2 fully saturated rings. The predicted octanol–water partition coefficient (Wildman–Crippen LogP) is 1.42. The highest BCUT2D eigenvalue weighted by molar-refractivity contribution is 5.86. The Kier molecular flexibility index (Phi) is 4.45. The number of ether oxygens (including phenoxy) is 1. The van der Waals surface area contributed by atoms with Crippen molar-refractivity contribution in [2.45, 2.75) is 51.7 Å². The lowest BCUT2D eigenvalue weighted by molar-refractivity contribution is -0.153. The van der Waals surface area contributed by atoms with Crippen LogP contribution in [0.5, 0.6) is 0 Å². The third-order valence-corrected chi connectivity index (χ3v) is 4.33. The molecule has 2 aliphatic rings. The Labute approximate surface area is 113 Å². The van der Waals surface area contributed by atoms with Gasteiger partial charge in [-0.25, -0.2) is 0 Å². The lowest BCUT2D eigenvalue weighted by Crippen LogP contribution is -2.50. The molecule has 4 unspecified atom stereocenters. The van der Waals surface area contributed by atoms with Crippen molar-refractivity contribution in [3.05, 3.63) is 0 Å². The lowest BCUT2D eigenvalue weighted by atomic mass is 9.73. The summed E-state index contributed by atoms with van der Waals surface area (Å²) in [5.74, 6) is -1.32. The van der Waals surface area contributed by atoms with Crippen LogP contribution in [0.3, 0.4) is 0 Å². The number of carboxylic acid groups (broad SMARTS) is 1. The number of aliphatic carboxylic acids is 1. The molecule has 0 aromatic heterocycles. The molecule has 5 nitrogen and oxygen atoms in total. The highest BCUT2D eigenvalue weighted by Crippen LogP contribution is 2.35. The summed E-state index contributed by atoms with van der Waals surface area (Å²) in [6.07, 6.45) is 3.15. The average Bonchev–Trinajstić information content (AvgIpc) is 2.26. The van der Waals surface area contributed by atoms with Crippen molar-refractivity contribution >= 4 is 11.9 Å². The molecular formula is C14H23NO4. The van der Waals surface area contributed by atoms with Gasteiger partial charge in [-0.2, -0.15) is 0 Å². The van der Waals surface area contributed by atoms with Gasteiger partial charge in [0.1, 0.15) is 0 Å². The highest BCUT2D eigenvalue weighted by atomic mass is 16.5.